The van der Waals surface area contributed by atoms with Crippen LogP contribution in [0.2, 0.25) is 0 Å². The molecule has 0 fully saturated rings. The van der Waals surface area contributed by atoms with E-state index in [2.05, 4.69) is 54.2 Å². The molecule has 0 spiro atoms. The quantitative estimate of drug-likeness (QED) is 0.460. The monoisotopic (exact) mass is 324 g/mol. The maximum atomic E-state index is 5.18. The fourth-order valence-corrected chi connectivity index (χ4v) is 2.57. The minimum absolute atomic E-state index is 0.149. The summed E-state index contributed by atoms with van der Waals surface area (Å²) in [6, 6.07) is 2.30. The molecular formula is C16H28N4OS. The summed E-state index contributed by atoms with van der Waals surface area (Å²) < 4.78 is 7.37. The number of hydrogen-bond donors (Lipinski definition) is 2. The molecule has 2 N–H and O–H groups in total. The molecule has 5 nitrogen and oxygen atoms in total. The molecule has 6 heteroatoms. The Kier molecular flexibility index (Phi) is 7.55. The van der Waals surface area contributed by atoms with Gasteiger partial charge in [-0.2, -0.15) is 5.10 Å². The maximum absolute atomic E-state index is 5.18. The van der Waals surface area contributed by atoms with Crippen molar-refractivity contribution in [1.29, 1.82) is 0 Å². The number of nitrogens with one attached hydrogen (secondary N) is 2. The SMILES string of the molecule is COC[C@H](C)NC(=S)N/N=C\c1cc(C)n(CC(C)C)c1C. The van der Waals surface area contributed by atoms with Crippen LogP contribution in [0.15, 0.2) is 11.2 Å². The summed E-state index contributed by atoms with van der Waals surface area (Å²) in [6.07, 6.45) is 1.81. The molecule has 0 aliphatic carbocycles. The van der Waals surface area contributed by atoms with Crippen molar-refractivity contribution in [2.75, 3.05) is 13.7 Å². The van der Waals surface area contributed by atoms with Crippen LogP contribution in [0.4, 0.5) is 0 Å². The summed E-state index contributed by atoms with van der Waals surface area (Å²) in [7, 11) is 1.67. The van der Waals surface area contributed by atoms with Crippen LogP contribution >= 0.6 is 12.2 Å². The van der Waals surface area contributed by atoms with Crippen molar-refractivity contribution in [2.45, 2.75) is 47.2 Å². The zero-order valence-electron chi connectivity index (χ0n) is 14.4. The Bertz CT molecular complexity index is 522. The van der Waals surface area contributed by atoms with Gasteiger partial charge in [0.05, 0.1) is 12.8 Å². The van der Waals surface area contributed by atoms with E-state index in [1.165, 1.54) is 11.4 Å². The van der Waals surface area contributed by atoms with Gasteiger partial charge >= 0.3 is 0 Å². The van der Waals surface area contributed by atoms with E-state index in [1.54, 1.807) is 7.11 Å². The lowest BCUT2D eigenvalue weighted by Crippen LogP contribution is -2.40. The van der Waals surface area contributed by atoms with Crippen molar-refractivity contribution in [3.63, 3.8) is 0 Å². The van der Waals surface area contributed by atoms with Gasteiger partial charge in [-0.25, -0.2) is 0 Å². The van der Waals surface area contributed by atoms with Gasteiger partial charge in [-0.05, 0) is 45.0 Å². The summed E-state index contributed by atoms with van der Waals surface area (Å²) in [6.45, 7) is 12.3. The Balaban J connectivity index is 2.62. The first-order valence-corrected chi connectivity index (χ1v) is 8.01. The van der Waals surface area contributed by atoms with E-state index in [-0.39, 0.29) is 6.04 Å². The van der Waals surface area contributed by atoms with Crippen molar-refractivity contribution >= 4 is 23.5 Å². The van der Waals surface area contributed by atoms with Gasteiger partial charge in [-0.1, -0.05) is 13.8 Å². The van der Waals surface area contributed by atoms with Gasteiger partial charge in [0.15, 0.2) is 5.11 Å². The Morgan fingerprint density at radius 1 is 1.41 bits per heavy atom. The lowest BCUT2D eigenvalue weighted by Gasteiger charge is -2.13. The van der Waals surface area contributed by atoms with Crippen molar-refractivity contribution < 1.29 is 4.74 Å². The van der Waals surface area contributed by atoms with Crippen molar-refractivity contribution in [1.82, 2.24) is 15.3 Å². The number of aryl methyl sites for hydroxylation is 1. The molecular weight excluding hydrogens is 296 g/mol. The number of methoxy groups -OCH3 is 1. The first-order valence-electron chi connectivity index (χ1n) is 7.60. The van der Waals surface area contributed by atoms with Crippen LogP contribution in [-0.2, 0) is 11.3 Å². The highest BCUT2D eigenvalue weighted by atomic mass is 32.1. The summed E-state index contributed by atoms with van der Waals surface area (Å²) in [5.41, 5.74) is 6.43. The average Bonchev–Trinajstić information content (AvgIpc) is 2.66. The number of hydrazone groups is 1. The molecule has 1 heterocycles. The minimum atomic E-state index is 0.149. The summed E-state index contributed by atoms with van der Waals surface area (Å²) in [4.78, 5) is 0. The van der Waals surface area contributed by atoms with E-state index in [1.807, 2.05) is 13.1 Å². The molecule has 0 aliphatic heterocycles. The van der Waals surface area contributed by atoms with E-state index in [9.17, 15) is 0 Å². The van der Waals surface area contributed by atoms with Gasteiger partial charge < -0.3 is 14.6 Å². The normalized spacial score (nSPS) is 12.9. The number of nitrogens with zero attached hydrogens (tertiary/aromatic N) is 2. The lowest BCUT2D eigenvalue weighted by molar-refractivity contribution is 0.179. The number of aromatic nitrogens is 1. The molecule has 0 radical (unpaired) electrons. The van der Waals surface area contributed by atoms with E-state index in [0.717, 1.165) is 12.1 Å². The van der Waals surface area contributed by atoms with Crippen LogP contribution in [0, 0.1) is 19.8 Å². The summed E-state index contributed by atoms with van der Waals surface area (Å²) >= 11 is 5.18. The third kappa shape index (κ3) is 5.77. The van der Waals surface area contributed by atoms with Crippen molar-refractivity contribution in [3.8, 4) is 0 Å². The van der Waals surface area contributed by atoms with E-state index < -0.39 is 0 Å². The average molecular weight is 324 g/mol. The Hall–Kier alpha value is -1.40. The Morgan fingerprint density at radius 3 is 2.68 bits per heavy atom. The first-order chi connectivity index (χ1) is 10.3. The summed E-state index contributed by atoms with van der Waals surface area (Å²) in [5.74, 6) is 0.617. The van der Waals surface area contributed by atoms with Gasteiger partial charge in [0.25, 0.3) is 0 Å². The lowest BCUT2D eigenvalue weighted by atomic mass is 10.2. The fraction of sp³-hybridized carbons (Fsp3) is 0.625. The van der Waals surface area contributed by atoms with Gasteiger partial charge in [-0.15, -0.1) is 0 Å². The number of rotatable bonds is 7. The van der Waals surface area contributed by atoms with E-state index in [0.29, 0.717) is 17.6 Å². The van der Waals surface area contributed by atoms with Crippen LogP contribution in [0.3, 0.4) is 0 Å². The molecule has 0 amide bonds. The van der Waals surface area contributed by atoms with Crippen LogP contribution in [-0.4, -0.2) is 35.7 Å². The Morgan fingerprint density at radius 2 is 2.09 bits per heavy atom. The van der Waals surface area contributed by atoms with E-state index >= 15 is 0 Å². The molecule has 0 saturated heterocycles. The van der Waals surface area contributed by atoms with Gasteiger partial charge in [0.1, 0.15) is 0 Å². The zero-order valence-corrected chi connectivity index (χ0v) is 15.3. The molecule has 0 aromatic carbocycles. The molecule has 124 valence electrons. The summed E-state index contributed by atoms with van der Waals surface area (Å²) in [5, 5.41) is 7.81. The number of ether oxygens (including phenoxy) is 1. The van der Waals surface area contributed by atoms with Crippen LogP contribution in [0.5, 0.6) is 0 Å². The number of thiocarbonyl (C=S) groups is 1. The topological polar surface area (TPSA) is 50.6 Å². The second kappa shape index (κ2) is 8.90. The van der Waals surface area contributed by atoms with Crippen molar-refractivity contribution in [3.05, 3.63) is 23.0 Å². The highest BCUT2D eigenvalue weighted by Crippen LogP contribution is 2.15. The van der Waals surface area contributed by atoms with Crippen molar-refractivity contribution in [2.24, 2.45) is 11.0 Å². The van der Waals surface area contributed by atoms with Crippen LogP contribution in [0.25, 0.3) is 0 Å². The molecule has 1 atom stereocenters. The zero-order chi connectivity index (χ0) is 16.7. The van der Waals surface area contributed by atoms with Gasteiger partial charge in [0, 0.05) is 36.6 Å². The predicted octanol–water partition coefficient (Wildman–Crippen LogP) is 2.59. The maximum Gasteiger partial charge on any atom is 0.187 e. The second-order valence-electron chi connectivity index (χ2n) is 6.03. The van der Waals surface area contributed by atoms with E-state index in [4.69, 9.17) is 17.0 Å². The highest BCUT2D eigenvalue weighted by Gasteiger charge is 2.08. The second-order valence-corrected chi connectivity index (χ2v) is 6.44. The molecule has 0 aliphatic rings. The van der Waals surface area contributed by atoms with Gasteiger partial charge in [0.2, 0.25) is 0 Å². The molecule has 1 aromatic rings. The number of hydrogen-bond acceptors (Lipinski definition) is 3. The fourth-order valence-electron chi connectivity index (χ4n) is 2.31. The smallest absolute Gasteiger partial charge is 0.187 e. The third-order valence-electron chi connectivity index (χ3n) is 3.32. The van der Waals surface area contributed by atoms with Crippen LogP contribution in [0.1, 0.15) is 37.7 Å². The van der Waals surface area contributed by atoms with Crippen LogP contribution < -0.4 is 10.7 Å². The molecule has 1 rings (SSSR count). The Labute approximate surface area is 139 Å². The molecule has 22 heavy (non-hydrogen) atoms. The standard InChI is InChI=1S/C16H28N4OS/c1-11(2)9-20-13(4)7-15(14(20)5)8-17-19-16(22)18-12(3)10-21-6/h7-8,11-12H,9-10H2,1-6H3,(H2,18,19,22)/b17-8-/t12-/m0/s1. The van der Waals surface area contributed by atoms with Gasteiger partial charge in [-0.3, -0.25) is 5.43 Å². The largest absolute Gasteiger partial charge is 0.383 e. The molecule has 0 bridgehead atoms. The predicted molar refractivity (Wildman–Crippen MR) is 96.5 cm³/mol. The minimum Gasteiger partial charge on any atom is -0.383 e. The highest BCUT2D eigenvalue weighted by molar-refractivity contribution is 7.80. The third-order valence-corrected chi connectivity index (χ3v) is 3.53. The molecule has 0 saturated carbocycles. The first kappa shape index (κ1) is 18.6. The molecule has 0 unspecified atom stereocenters. The molecule has 1 aromatic heterocycles.